The van der Waals surface area contributed by atoms with Crippen LogP contribution in [-0.2, 0) is 22.7 Å². The predicted molar refractivity (Wildman–Crippen MR) is 142 cm³/mol. The van der Waals surface area contributed by atoms with E-state index in [-0.39, 0.29) is 29.8 Å². The maximum absolute atomic E-state index is 13.2. The van der Waals surface area contributed by atoms with Gasteiger partial charge in [-0.2, -0.15) is 0 Å². The van der Waals surface area contributed by atoms with Gasteiger partial charge < -0.3 is 16.0 Å². The van der Waals surface area contributed by atoms with E-state index >= 15 is 0 Å². The highest BCUT2D eigenvalue weighted by molar-refractivity contribution is 7.13. The number of thiazole rings is 1. The van der Waals surface area contributed by atoms with Crippen molar-refractivity contribution in [2.45, 2.75) is 44.4 Å². The van der Waals surface area contributed by atoms with Crippen molar-refractivity contribution in [2.24, 2.45) is 11.7 Å². The number of halogens is 1. The Hall–Kier alpha value is -3.15. The third-order valence-corrected chi connectivity index (χ3v) is 8.36. The largest absolute Gasteiger partial charge is 0.364 e. The first-order chi connectivity index (χ1) is 17.6. The molecule has 2 unspecified atom stereocenters. The zero-order chi connectivity index (χ0) is 26.4. The Balaban J connectivity index is 1.40. The fourth-order valence-electron chi connectivity index (χ4n) is 5.35. The number of hydrogen-bond donors (Lipinski definition) is 3. The molecular weight excluding hydrogens is 514 g/mol. The number of nitrogens with zero attached hydrogens (tertiary/aromatic N) is 4. The molecule has 0 spiro atoms. The molecule has 2 aliphatic heterocycles. The average Bonchev–Trinajstić information content (AvgIpc) is 3.40. The van der Waals surface area contributed by atoms with Crippen molar-refractivity contribution in [3.8, 4) is 0 Å². The summed E-state index contributed by atoms with van der Waals surface area (Å²) in [6.45, 7) is 1.53. The summed E-state index contributed by atoms with van der Waals surface area (Å²) in [5.74, 6) is -1.19. The predicted octanol–water partition coefficient (Wildman–Crippen LogP) is 2.27. The molecule has 2 aromatic rings. The Kier molecular flexibility index (Phi) is 6.86. The number of hydrogen-bond acceptors (Lipinski definition) is 8. The molecule has 12 heteroatoms. The number of hydrazine groups is 1. The molecule has 1 saturated carbocycles. The van der Waals surface area contributed by atoms with E-state index in [4.69, 9.17) is 17.3 Å². The number of amides is 3. The molecule has 37 heavy (non-hydrogen) atoms. The van der Waals surface area contributed by atoms with Crippen LogP contribution in [0.1, 0.15) is 45.2 Å². The van der Waals surface area contributed by atoms with Crippen LogP contribution in [0.5, 0.6) is 0 Å². The molecule has 196 valence electrons. The summed E-state index contributed by atoms with van der Waals surface area (Å²) in [5.41, 5.74) is 11.8. The molecular formula is C25H30ClN7O3S. The zero-order valence-corrected chi connectivity index (χ0v) is 22.5. The maximum Gasteiger partial charge on any atom is 0.280 e. The number of benzene rings is 1. The van der Waals surface area contributed by atoms with Gasteiger partial charge in [0.05, 0.1) is 17.4 Å². The molecule has 1 aliphatic carbocycles. The molecule has 4 N–H and O–H groups in total. The molecule has 1 aromatic carbocycles. The van der Waals surface area contributed by atoms with Crippen molar-refractivity contribution in [1.29, 1.82) is 0 Å². The van der Waals surface area contributed by atoms with Crippen molar-refractivity contribution >= 4 is 52.4 Å². The first-order valence-corrected chi connectivity index (χ1v) is 13.3. The summed E-state index contributed by atoms with van der Waals surface area (Å²) in [5, 5.41) is 5.83. The number of carbonyl (C=O) groups excluding carboxylic acids is 3. The Bertz CT molecular complexity index is 1270. The van der Waals surface area contributed by atoms with Crippen LogP contribution in [0.2, 0.25) is 5.02 Å². The van der Waals surface area contributed by atoms with Gasteiger partial charge in [-0.25, -0.2) is 4.98 Å². The summed E-state index contributed by atoms with van der Waals surface area (Å²) >= 11 is 7.62. The fourth-order valence-corrected chi connectivity index (χ4v) is 6.58. The van der Waals surface area contributed by atoms with Gasteiger partial charge in [-0.05, 0) is 44.5 Å². The molecule has 3 heterocycles. The standard InChI is InChI=1S/C25H30ClN7O3S/c1-31(2)25(36)14-6-16(28-23(35)24-29-19-11-32(3)12-21(19)37-24)10-17(7-14)33-20(22(27)34)8-13-4-5-15(26)9-18(13)30-33/h4-5,8-9,14,16-17,30H,6-7,10-12H2,1-3H3,(H2,27,34)(H,28,35)/t14-,16?,17?/m1/s1. The minimum absolute atomic E-state index is 0.0229. The van der Waals surface area contributed by atoms with E-state index in [1.54, 1.807) is 42.2 Å². The third kappa shape index (κ3) is 5.16. The topological polar surface area (TPSA) is 124 Å². The van der Waals surface area contributed by atoms with Gasteiger partial charge in [0.2, 0.25) is 5.91 Å². The Morgan fingerprint density at radius 2 is 2.00 bits per heavy atom. The van der Waals surface area contributed by atoms with Gasteiger partial charge in [0.25, 0.3) is 11.8 Å². The van der Waals surface area contributed by atoms with Crippen LogP contribution < -0.4 is 16.5 Å². The van der Waals surface area contributed by atoms with E-state index in [2.05, 4.69) is 20.6 Å². The molecule has 3 aliphatic rings. The van der Waals surface area contributed by atoms with Crippen LogP contribution in [0.15, 0.2) is 23.9 Å². The summed E-state index contributed by atoms with van der Waals surface area (Å²) < 4.78 is 0. The molecule has 5 rings (SSSR count). The maximum atomic E-state index is 13.2. The lowest BCUT2D eigenvalue weighted by Crippen LogP contribution is -2.53. The number of carbonyl (C=O) groups is 3. The molecule has 0 saturated heterocycles. The lowest BCUT2D eigenvalue weighted by molar-refractivity contribution is -0.134. The first kappa shape index (κ1) is 25.5. The first-order valence-electron chi connectivity index (χ1n) is 12.1. The highest BCUT2D eigenvalue weighted by Crippen LogP contribution is 2.36. The quantitative estimate of drug-likeness (QED) is 0.528. The summed E-state index contributed by atoms with van der Waals surface area (Å²) in [6.07, 6.45) is 3.24. The molecule has 3 amide bonds. The highest BCUT2D eigenvalue weighted by atomic mass is 35.5. The SMILES string of the molecule is CN1Cc2nc(C(=O)NC3CC(N4Nc5cc(Cl)ccc5C=C4C(N)=O)C[C@H](C(=O)N(C)C)C3)sc2C1. The zero-order valence-electron chi connectivity index (χ0n) is 21.0. The minimum atomic E-state index is -0.586. The van der Waals surface area contributed by atoms with E-state index in [0.717, 1.165) is 34.9 Å². The summed E-state index contributed by atoms with van der Waals surface area (Å²) in [7, 11) is 5.47. The van der Waals surface area contributed by atoms with Crippen LogP contribution in [0.3, 0.4) is 0 Å². The third-order valence-electron chi connectivity index (χ3n) is 7.04. The number of fused-ring (bicyclic) bond motifs is 2. The monoisotopic (exact) mass is 543 g/mol. The molecule has 10 nitrogen and oxygen atoms in total. The second-order valence-corrected chi connectivity index (χ2v) is 11.6. The van der Waals surface area contributed by atoms with Crippen LogP contribution in [-0.4, -0.2) is 70.7 Å². The Labute approximate surface area is 224 Å². The van der Waals surface area contributed by atoms with E-state index in [9.17, 15) is 14.4 Å². The van der Waals surface area contributed by atoms with Gasteiger partial charge in [0.1, 0.15) is 5.70 Å². The van der Waals surface area contributed by atoms with Crippen molar-refractivity contribution in [3.05, 3.63) is 50.1 Å². The number of rotatable bonds is 5. The molecule has 1 aromatic heterocycles. The Morgan fingerprint density at radius 3 is 2.70 bits per heavy atom. The van der Waals surface area contributed by atoms with Crippen molar-refractivity contribution in [2.75, 3.05) is 26.6 Å². The van der Waals surface area contributed by atoms with Gasteiger partial charge >= 0.3 is 0 Å². The van der Waals surface area contributed by atoms with E-state index in [0.29, 0.717) is 35.0 Å². The van der Waals surface area contributed by atoms with E-state index in [1.807, 2.05) is 13.1 Å². The lowest BCUT2D eigenvalue weighted by atomic mass is 9.81. The van der Waals surface area contributed by atoms with Gasteiger partial charge in [0.15, 0.2) is 5.01 Å². The van der Waals surface area contributed by atoms with Crippen LogP contribution in [0, 0.1) is 5.92 Å². The van der Waals surface area contributed by atoms with Crippen LogP contribution in [0.25, 0.3) is 6.08 Å². The Morgan fingerprint density at radius 1 is 1.22 bits per heavy atom. The smallest absolute Gasteiger partial charge is 0.280 e. The van der Waals surface area contributed by atoms with Crippen molar-refractivity contribution in [1.82, 2.24) is 25.1 Å². The van der Waals surface area contributed by atoms with E-state index < -0.39 is 5.91 Å². The normalized spacial score (nSPS) is 23.0. The van der Waals surface area contributed by atoms with Gasteiger partial charge in [-0.15, -0.1) is 11.3 Å². The fraction of sp³-hybridized carbons (Fsp3) is 0.440. The summed E-state index contributed by atoms with van der Waals surface area (Å²) in [6, 6.07) is 4.77. The van der Waals surface area contributed by atoms with Crippen LogP contribution in [0.4, 0.5) is 5.69 Å². The number of primary amides is 1. The van der Waals surface area contributed by atoms with Gasteiger partial charge in [0, 0.05) is 54.6 Å². The minimum Gasteiger partial charge on any atom is -0.364 e. The van der Waals surface area contributed by atoms with Crippen LogP contribution >= 0.6 is 22.9 Å². The average molecular weight is 544 g/mol. The van der Waals surface area contributed by atoms with Gasteiger partial charge in [-0.3, -0.25) is 29.7 Å². The summed E-state index contributed by atoms with van der Waals surface area (Å²) in [4.78, 5) is 48.0. The molecule has 0 radical (unpaired) electrons. The number of anilines is 1. The lowest BCUT2D eigenvalue weighted by Gasteiger charge is -2.44. The van der Waals surface area contributed by atoms with Crippen molar-refractivity contribution < 1.29 is 14.4 Å². The highest BCUT2D eigenvalue weighted by Gasteiger charge is 2.40. The molecule has 3 atom stereocenters. The molecule has 1 fully saturated rings. The number of aromatic nitrogens is 1. The number of nitrogens with two attached hydrogens (primary N) is 1. The van der Waals surface area contributed by atoms with E-state index in [1.165, 1.54) is 11.3 Å². The van der Waals surface area contributed by atoms with Gasteiger partial charge in [-0.1, -0.05) is 17.7 Å². The second-order valence-electron chi connectivity index (χ2n) is 10.1. The molecule has 0 bridgehead atoms. The van der Waals surface area contributed by atoms with Crippen molar-refractivity contribution in [3.63, 3.8) is 0 Å². The number of nitrogens with one attached hydrogen (secondary N) is 2. The second kappa shape index (κ2) is 9.96.